The molecule has 3 aliphatic heterocycles. The van der Waals surface area contributed by atoms with Gasteiger partial charge in [-0.25, -0.2) is 4.98 Å². The normalized spacial score (nSPS) is 27.4. The molecule has 83 heavy (non-hydrogen) atoms. The van der Waals surface area contributed by atoms with E-state index >= 15 is 0 Å². The zero-order valence-corrected chi connectivity index (χ0v) is 48.7. The van der Waals surface area contributed by atoms with E-state index in [4.69, 9.17) is 14.5 Å². The zero-order chi connectivity index (χ0) is 59.0. The van der Waals surface area contributed by atoms with Crippen molar-refractivity contribution in [2.24, 2.45) is 11.8 Å². The first kappa shape index (κ1) is 61.4. The fourth-order valence-electron chi connectivity index (χ4n) is 13.5. The van der Waals surface area contributed by atoms with Crippen LogP contribution in [0.15, 0.2) is 42.7 Å². The minimum atomic E-state index is -4.61. The number of hydrogen-bond donors (Lipinski definition) is 6. The van der Waals surface area contributed by atoms with Crippen molar-refractivity contribution in [3.63, 3.8) is 0 Å². The van der Waals surface area contributed by atoms with Crippen molar-refractivity contribution >= 4 is 58.1 Å². The van der Waals surface area contributed by atoms with Gasteiger partial charge in [-0.15, -0.1) is 0 Å². The van der Waals surface area contributed by atoms with Crippen molar-refractivity contribution in [1.29, 1.82) is 0 Å². The SMILES string of the molecule is CC(=O)N[C@@H]1C[C@H](NC(C)(C)C)CC[C@@H]1N1CC[C@H](Nc2nc(NC3CCN(C(=O)[C@H]4CC[C@H](NC(=O)CCCO[C@H]5CC[C@H](OCCNC(=O)[C@H]6CC(=O)N(C)[C@@H]6c6cccnc6)CC5)CC4)CC3)nc3ccc(C(F)(F)F)cc23)C1=O. The number of aromatic nitrogens is 3. The van der Waals surface area contributed by atoms with E-state index in [1.807, 2.05) is 11.0 Å². The Labute approximate surface area is 484 Å². The number of likely N-dealkylation sites (tertiary alicyclic amines) is 3. The average molecular weight is 1160 g/mol. The molecule has 9 rings (SSSR count). The van der Waals surface area contributed by atoms with Crippen LogP contribution in [0, 0.1) is 11.8 Å². The molecule has 0 radical (unpaired) electrons. The quantitative estimate of drug-likeness (QED) is 0.0671. The summed E-state index contributed by atoms with van der Waals surface area (Å²) in [4.78, 5) is 97.7. The Kier molecular flexibility index (Phi) is 20.1. The van der Waals surface area contributed by atoms with E-state index in [9.17, 15) is 41.9 Å². The van der Waals surface area contributed by atoms with Gasteiger partial charge in [0.25, 0.3) is 0 Å². The number of rotatable bonds is 20. The maximum Gasteiger partial charge on any atom is 0.416 e. The summed E-state index contributed by atoms with van der Waals surface area (Å²) < 4.78 is 54.4. The zero-order valence-electron chi connectivity index (χ0n) is 48.7. The van der Waals surface area contributed by atoms with Crippen molar-refractivity contribution in [1.82, 2.24) is 50.9 Å². The molecule has 0 bridgehead atoms. The van der Waals surface area contributed by atoms with Crippen molar-refractivity contribution < 1.29 is 51.4 Å². The van der Waals surface area contributed by atoms with Gasteiger partial charge in [0.1, 0.15) is 11.9 Å². The number of carbonyl (C=O) groups excluding carboxylic acids is 6. The topological polar surface area (TPSA) is 241 Å². The van der Waals surface area contributed by atoms with Crippen molar-refractivity contribution in [2.45, 2.75) is 203 Å². The minimum absolute atomic E-state index is 0.0130. The second kappa shape index (κ2) is 27.2. The number of fused-ring (bicyclic) bond motifs is 1. The first-order chi connectivity index (χ1) is 39.6. The van der Waals surface area contributed by atoms with Crippen LogP contribution < -0.4 is 31.9 Å². The molecule has 23 heteroatoms. The van der Waals surface area contributed by atoms with Gasteiger partial charge < -0.3 is 56.1 Å². The van der Waals surface area contributed by atoms with Gasteiger partial charge >= 0.3 is 6.18 Å². The van der Waals surface area contributed by atoms with E-state index in [1.165, 1.54) is 13.0 Å². The summed E-state index contributed by atoms with van der Waals surface area (Å²) in [5.41, 5.74) is 0.139. The standard InChI is InChI=1S/C60H85F3N12O8/c1-36(76)66-49-33-42(72-59(2,3)4)15-21-50(49)75-29-24-48(57(75)81)69-54-45-32-39(60(61,62)63)12-20-47(45)70-58(71-54)68-41-22-27-74(28-23-41)56(80)37-10-13-40(14-11-37)67-51(77)9-7-30-82-43-16-18-44(19-17-43)83-31-26-65-55(79)46-34-52(78)73(5)53(46)38-8-6-25-64-35-38/h6,8,12,20,25,32,35,37,40-44,46,48-50,53,72H,7,9-11,13-19,21-24,26-31,33-34H2,1-5H3,(H,65,79)(H,66,76)(H,67,77)(H2,68,69,70,71)/t37-,40-,42-,43-,44-,46+,48+,49-,50+,53-/m1/s1. The molecule has 6 aliphatic rings. The number of hydrogen-bond acceptors (Lipinski definition) is 14. The molecule has 20 nitrogen and oxygen atoms in total. The van der Waals surface area contributed by atoms with Crippen LogP contribution in [0.5, 0.6) is 0 Å². The molecule has 2 aromatic heterocycles. The van der Waals surface area contributed by atoms with Crippen LogP contribution in [0.25, 0.3) is 10.9 Å². The van der Waals surface area contributed by atoms with Gasteiger partial charge in [0.15, 0.2) is 0 Å². The molecule has 5 heterocycles. The van der Waals surface area contributed by atoms with Crippen LogP contribution in [-0.4, -0.2) is 166 Å². The number of alkyl halides is 3. The molecule has 3 saturated heterocycles. The van der Waals surface area contributed by atoms with Gasteiger partial charge in [-0.05, 0) is 147 Å². The monoisotopic (exact) mass is 1160 g/mol. The maximum absolute atomic E-state index is 14.2. The molecule has 6 N–H and O–H groups in total. The Balaban J connectivity index is 0.665. The highest BCUT2D eigenvalue weighted by Gasteiger charge is 2.45. The van der Waals surface area contributed by atoms with E-state index in [2.05, 4.69) is 62.6 Å². The smallest absolute Gasteiger partial charge is 0.378 e. The summed E-state index contributed by atoms with van der Waals surface area (Å²) in [6.07, 6.45) is 10.1. The summed E-state index contributed by atoms with van der Waals surface area (Å²) in [7, 11) is 1.72. The number of carbonyl (C=O) groups is 6. The lowest BCUT2D eigenvalue weighted by molar-refractivity contribution is -0.138. The van der Waals surface area contributed by atoms with Gasteiger partial charge in [-0.3, -0.25) is 33.8 Å². The summed E-state index contributed by atoms with van der Waals surface area (Å²) in [5, 5.41) is 19.6. The number of nitrogens with zero attached hydrogens (tertiary/aromatic N) is 6. The van der Waals surface area contributed by atoms with E-state index in [-0.39, 0.29) is 124 Å². The Morgan fingerprint density at radius 1 is 0.783 bits per heavy atom. The van der Waals surface area contributed by atoms with Gasteiger partial charge in [0.2, 0.25) is 41.4 Å². The lowest BCUT2D eigenvalue weighted by Gasteiger charge is -2.43. The third-order valence-electron chi connectivity index (χ3n) is 17.6. The van der Waals surface area contributed by atoms with E-state index in [0.29, 0.717) is 97.2 Å². The molecule has 3 saturated carbocycles. The number of anilines is 2. The van der Waals surface area contributed by atoms with Crippen molar-refractivity contribution in [2.75, 3.05) is 57.1 Å². The minimum Gasteiger partial charge on any atom is -0.378 e. The first-order valence-electron chi connectivity index (χ1n) is 30.2. The summed E-state index contributed by atoms with van der Waals surface area (Å²) in [6, 6.07) is 5.47. The van der Waals surface area contributed by atoms with Crippen LogP contribution in [0.4, 0.5) is 24.9 Å². The van der Waals surface area contributed by atoms with Crippen LogP contribution in [0.3, 0.4) is 0 Å². The van der Waals surface area contributed by atoms with E-state index in [0.717, 1.165) is 62.6 Å². The summed E-state index contributed by atoms with van der Waals surface area (Å²) >= 11 is 0. The molecular weight excluding hydrogens is 1070 g/mol. The first-order valence-corrected chi connectivity index (χ1v) is 30.2. The molecule has 454 valence electrons. The second-order valence-electron chi connectivity index (χ2n) is 24.9. The lowest BCUT2D eigenvalue weighted by Crippen LogP contribution is -2.59. The predicted molar refractivity (Wildman–Crippen MR) is 305 cm³/mol. The third kappa shape index (κ3) is 16.2. The highest BCUT2D eigenvalue weighted by atomic mass is 19.4. The Morgan fingerprint density at radius 3 is 2.17 bits per heavy atom. The Bertz CT molecular complexity index is 2750. The number of benzene rings is 1. The lowest BCUT2D eigenvalue weighted by atomic mass is 9.84. The molecule has 6 amide bonds. The largest absolute Gasteiger partial charge is 0.416 e. The van der Waals surface area contributed by atoms with Crippen LogP contribution in [0.2, 0.25) is 0 Å². The second-order valence-corrected chi connectivity index (χ2v) is 24.9. The van der Waals surface area contributed by atoms with Gasteiger partial charge in [0.05, 0.1) is 53.9 Å². The number of pyridine rings is 1. The molecule has 3 aromatic rings. The van der Waals surface area contributed by atoms with Crippen molar-refractivity contribution in [3.05, 3.63) is 53.9 Å². The Hall–Kier alpha value is -6.20. The maximum atomic E-state index is 14.2. The number of halogens is 3. The molecule has 3 aliphatic carbocycles. The highest BCUT2D eigenvalue weighted by Crippen LogP contribution is 2.38. The molecule has 1 aromatic carbocycles. The van der Waals surface area contributed by atoms with Gasteiger partial charge in [0, 0.05) is 107 Å². The highest BCUT2D eigenvalue weighted by molar-refractivity contribution is 5.94. The molecule has 0 spiro atoms. The van der Waals surface area contributed by atoms with E-state index < -0.39 is 23.7 Å². The summed E-state index contributed by atoms with van der Waals surface area (Å²) in [6.45, 7) is 10.4. The van der Waals surface area contributed by atoms with Crippen LogP contribution in [-0.2, 0) is 44.4 Å². The molecule has 6 fully saturated rings. The number of piperidine rings is 1. The number of nitrogens with one attached hydrogen (secondary N) is 6. The van der Waals surface area contributed by atoms with Crippen LogP contribution in [0.1, 0.15) is 154 Å². The average Bonchev–Trinajstić information content (AvgIpc) is 4.23. The van der Waals surface area contributed by atoms with Gasteiger partial charge in [-0.2, -0.15) is 18.2 Å². The molecular formula is C60H85F3N12O8. The fraction of sp³-hybridized carbons (Fsp3) is 0.683. The predicted octanol–water partition coefficient (Wildman–Crippen LogP) is 6.41. The molecule has 0 unspecified atom stereocenters. The van der Waals surface area contributed by atoms with E-state index in [1.54, 1.807) is 35.3 Å². The number of amides is 6. The summed E-state index contributed by atoms with van der Waals surface area (Å²) in [5.74, 6) is -0.792. The fourth-order valence-corrected chi connectivity index (χ4v) is 13.5. The van der Waals surface area contributed by atoms with Gasteiger partial charge in [-0.1, -0.05) is 6.07 Å². The van der Waals surface area contributed by atoms with Crippen LogP contribution >= 0.6 is 0 Å². The Morgan fingerprint density at radius 2 is 1.49 bits per heavy atom. The molecule has 6 atom stereocenters. The number of ether oxygens (including phenoxy) is 2. The van der Waals surface area contributed by atoms with Crippen molar-refractivity contribution in [3.8, 4) is 0 Å². The third-order valence-corrected chi connectivity index (χ3v) is 17.6.